The lowest BCUT2D eigenvalue weighted by atomic mass is 9.95. The minimum atomic E-state index is -3.47. The minimum absolute atomic E-state index is 0.321. The Morgan fingerprint density at radius 2 is 2.00 bits per heavy atom. The van der Waals surface area contributed by atoms with E-state index in [4.69, 9.17) is 0 Å². The lowest BCUT2D eigenvalue weighted by Gasteiger charge is -2.34. The molecule has 0 radical (unpaired) electrons. The Morgan fingerprint density at radius 3 is 2.70 bits per heavy atom. The van der Waals surface area contributed by atoms with Crippen LogP contribution in [0.15, 0.2) is 29.6 Å². The standard InChI is InChI=1S/C16H20N2O3S2/c1-23(20,21)16(6-8-17-9-7-16)15(19)18-10-12-11-22-14-5-3-2-4-13(12)14/h2-5,11,17H,6-10H2,1H3,(H,18,19). The molecule has 1 aromatic carbocycles. The largest absolute Gasteiger partial charge is 0.351 e. The van der Waals surface area contributed by atoms with Gasteiger partial charge in [0, 0.05) is 17.5 Å². The molecule has 0 saturated carbocycles. The zero-order valence-corrected chi connectivity index (χ0v) is 14.6. The molecule has 0 aliphatic carbocycles. The third kappa shape index (κ3) is 3.00. The number of piperidine rings is 1. The zero-order valence-electron chi connectivity index (χ0n) is 13.0. The fraction of sp³-hybridized carbons (Fsp3) is 0.438. The van der Waals surface area contributed by atoms with Crippen LogP contribution < -0.4 is 10.6 Å². The minimum Gasteiger partial charge on any atom is -0.351 e. The molecule has 0 atom stereocenters. The molecule has 1 amide bonds. The summed E-state index contributed by atoms with van der Waals surface area (Å²) in [4.78, 5) is 12.7. The van der Waals surface area contributed by atoms with Crippen molar-refractivity contribution in [1.29, 1.82) is 0 Å². The molecule has 0 spiro atoms. The Kier molecular flexibility index (Phi) is 4.44. The fourth-order valence-electron chi connectivity index (χ4n) is 3.10. The Bertz CT molecular complexity index is 821. The number of nitrogens with one attached hydrogen (secondary N) is 2. The summed E-state index contributed by atoms with van der Waals surface area (Å²) in [7, 11) is -3.47. The fourth-order valence-corrected chi connectivity index (χ4v) is 5.42. The highest BCUT2D eigenvalue weighted by Gasteiger charge is 2.48. The van der Waals surface area contributed by atoms with Crippen LogP contribution in [0.25, 0.3) is 10.1 Å². The van der Waals surface area contributed by atoms with Crippen molar-refractivity contribution in [1.82, 2.24) is 10.6 Å². The molecule has 2 aromatic rings. The first-order valence-electron chi connectivity index (χ1n) is 7.58. The van der Waals surface area contributed by atoms with Gasteiger partial charge < -0.3 is 10.6 Å². The molecule has 7 heteroatoms. The summed E-state index contributed by atoms with van der Waals surface area (Å²) in [6, 6.07) is 8.00. The van der Waals surface area contributed by atoms with Crippen LogP contribution in [0.2, 0.25) is 0 Å². The SMILES string of the molecule is CS(=O)(=O)C1(C(=O)NCc2csc3ccccc23)CCNCC1. The number of benzene rings is 1. The van der Waals surface area contributed by atoms with E-state index in [1.807, 2.05) is 29.6 Å². The van der Waals surface area contributed by atoms with E-state index in [1.165, 1.54) is 0 Å². The van der Waals surface area contributed by atoms with Crippen molar-refractivity contribution in [3.8, 4) is 0 Å². The number of thiophene rings is 1. The summed E-state index contributed by atoms with van der Waals surface area (Å²) in [5, 5.41) is 9.09. The number of rotatable bonds is 4. The van der Waals surface area contributed by atoms with Gasteiger partial charge >= 0.3 is 0 Å². The van der Waals surface area contributed by atoms with Crippen molar-refractivity contribution < 1.29 is 13.2 Å². The predicted octanol–water partition coefficient (Wildman–Crippen LogP) is 1.68. The number of carbonyl (C=O) groups excluding carboxylic acids is 1. The van der Waals surface area contributed by atoms with Gasteiger partial charge in [-0.05, 0) is 48.3 Å². The lowest BCUT2D eigenvalue weighted by molar-refractivity contribution is -0.124. The summed E-state index contributed by atoms with van der Waals surface area (Å²) in [6.07, 6.45) is 1.81. The molecule has 124 valence electrons. The molecule has 1 fully saturated rings. The van der Waals surface area contributed by atoms with Gasteiger partial charge in [-0.15, -0.1) is 11.3 Å². The van der Waals surface area contributed by atoms with Gasteiger partial charge in [0.25, 0.3) is 0 Å². The molecule has 2 heterocycles. The average molecular weight is 352 g/mol. The second-order valence-electron chi connectivity index (χ2n) is 5.96. The molecule has 5 nitrogen and oxygen atoms in total. The monoisotopic (exact) mass is 352 g/mol. The van der Waals surface area contributed by atoms with Crippen molar-refractivity contribution in [3.63, 3.8) is 0 Å². The van der Waals surface area contributed by atoms with Crippen LogP contribution in [0, 0.1) is 0 Å². The number of hydrogen-bond donors (Lipinski definition) is 2. The van der Waals surface area contributed by atoms with E-state index in [0.717, 1.165) is 21.9 Å². The Morgan fingerprint density at radius 1 is 1.30 bits per heavy atom. The number of carbonyl (C=O) groups is 1. The Labute approximate surface area is 140 Å². The normalized spacial score (nSPS) is 18.0. The smallest absolute Gasteiger partial charge is 0.241 e. The van der Waals surface area contributed by atoms with E-state index < -0.39 is 14.6 Å². The van der Waals surface area contributed by atoms with Gasteiger partial charge in [-0.1, -0.05) is 18.2 Å². The van der Waals surface area contributed by atoms with E-state index in [1.54, 1.807) is 11.3 Å². The summed E-state index contributed by atoms with van der Waals surface area (Å²) in [5.74, 6) is -0.378. The molecular weight excluding hydrogens is 332 g/mol. The highest BCUT2D eigenvalue weighted by atomic mass is 32.2. The summed E-state index contributed by atoms with van der Waals surface area (Å²) in [6.45, 7) is 1.44. The molecule has 1 saturated heterocycles. The van der Waals surface area contributed by atoms with Gasteiger partial charge in [0.05, 0.1) is 0 Å². The third-order valence-corrected chi connectivity index (χ3v) is 7.56. The molecule has 3 rings (SSSR count). The first-order valence-corrected chi connectivity index (χ1v) is 10.3. The first kappa shape index (κ1) is 16.4. The van der Waals surface area contributed by atoms with Crippen LogP contribution in [-0.4, -0.2) is 38.4 Å². The number of sulfone groups is 1. The molecule has 0 bridgehead atoms. The topological polar surface area (TPSA) is 75.3 Å². The van der Waals surface area contributed by atoms with Crippen molar-refractivity contribution in [2.75, 3.05) is 19.3 Å². The summed E-state index contributed by atoms with van der Waals surface area (Å²) < 4.78 is 24.3. The van der Waals surface area contributed by atoms with Gasteiger partial charge in [0.1, 0.15) is 0 Å². The van der Waals surface area contributed by atoms with Crippen LogP contribution in [0.5, 0.6) is 0 Å². The maximum Gasteiger partial charge on any atom is 0.241 e. The second kappa shape index (κ2) is 6.22. The lowest BCUT2D eigenvalue weighted by Crippen LogP contribution is -2.57. The highest BCUT2D eigenvalue weighted by molar-refractivity contribution is 7.92. The van der Waals surface area contributed by atoms with Crippen LogP contribution in [0.3, 0.4) is 0 Å². The van der Waals surface area contributed by atoms with E-state index in [9.17, 15) is 13.2 Å². The maximum atomic E-state index is 12.7. The zero-order chi connectivity index (χ0) is 16.5. The van der Waals surface area contributed by atoms with Gasteiger partial charge in [-0.3, -0.25) is 4.79 Å². The highest BCUT2D eigenvalue weighted by Crippen LogP contribution is 2.29. The van der Waals surface area contributed by atoms with Crippen LogP contribution in [0.4, 0.5) is 0 Å². The Hall–Kier alpha value is -1.44. The average Bonchev–Trinajstić information content (AvgIpc) is 2.95. The van der Waals surface area contributed by atoms with E-state index >= 15 is 0 Å². The summed E-state index contributed by atoms with van der Waals surface area (Å²) in [5.41, 5.74) is 1.02. The van der Waals surface area contributed by atoms with Crippen molar-refractivity contribution in [3.05, 3.63) is 35.2 Å². The van der Waals surface area contributed by atoms with E-state index in [2.05, 4.69) is 10.6 Å². The quantitative estimate of drug-likeness (QED) is 0.878. The summed E-state index contributed by atoms with van der Waals surface area (Å²) >= 11 is 1.63. The van der Waals surface area contributed by atoms with E-state index in [0.29, 0.717) is 32.5 Å². The van der Waals surface area contributed by atoms with E-state index in [-0.39, 0.29) is 5.91 Å². The molecule has 1 aliphatic heterocycles. The number of amides is 1. The van der Waals surface area contributed by atoms with Gasteiger partial charge in [-0.2, -0.15) is 0 Å². The number of hydrogen-bond acceptors (Lipinski definition) is 5. The number of fused-ring (bicyclic) bond motifs is 1. The van der Waals surface area contributed by atoms with Crippen molar-refractivity contribution in [2.45, 2.75) is 24.1 Å². The van der Waals surface area contributed by atoms with Crippen LogP contribution in [-0.2, 0) is 21.2 Å². The van der Waals surface area contributed by atoms with Gasteiger partial charge in [-0.25, -0.2) is 8.42 Å². The third-order valence-electron chi connectivity index (χ3n) is 4.54. The first-order chi connectivity index (χ1) is 10.9. The van der Waals surface area contributed by atoms with Crippen molar-refractivity contribution in [2.24, 2.45) is 0 Å². The maximum absolute atomic E-state index is 12.7. The van der Waals surface area contributed by atoms with Crippen LogP contribution >= 0.6 is 11.3 Å². The molecule has 2 N–H and O–H groups in total. The van der Waals surface area contributed by atoms with Crippen LogP contribution in [0.1, 0.15) is 18.4 Å². The molecule has 23 heavy (non-hydrogen) atoms. The molecule has 1 aromatic heterocycles. The molecule has 0 unspecified atom stereocenters. The predicted molar refractivity (Wildman–Crippen MR) is 93.4 cm³/mol. The van der Waals surface area contributed by atoms with Gasteiger partial charge in [0.15, 0.2) is 14.6 Å². The van der Waals surface area contributed by atoms with Gasteiger partial charge in [0.2, 0.25) is 5.91 Å². The Balaban J connectivity index is 1.80. The molecule has 1 aliphatic rings. The van der Waals surface area contributed by atoms with Crippen molar-refractivity contribution >= 4 is 37.2 Å². The molecular formula is C16H20N2O3S2. The second-order valence-corrected chi connectivity index (χ2v) is 9.19.